The van der Waals surface area contributed by atoms with Gasteiger partial charge in [0, 0.05) is 29.8 Å². The number of thiophene rings is 1. The topological polar surface area (TPSA) is 58.6 Å². The first-order chi connectivity index (χ1) is 15.6. The lowest BCUT2D eigenvalue weighted by Crippen LogP contribution is -2.61. The second kappa shape index (κ2) is 8.00. The molecule has 0 unspecified atom stereocenters. The van der Waals surface area contributed by atoms with Crippen LogP contribution in [0.25, 0.3) is 0 Å². The van der Waals surface area contributed by atoms with E-state index in [0.717, 1.165) is 37.0 Å². The maximum atomic E-state index is 12.9. The largest absolute Gasteiger partial charge is 0.446 e. The van der Waals surface area contributed by atoms with Crippen molar-refractivity contribution in [1.29, 1.82) is 0 Å². The lowest BCUT2D eigenvalue weighted by molar-refractivity contribution is -0.159. The number of nitrogens with one attached hydrogen (secondary N) is 1. The Kier molecular flexibility index (Phi) is 5.62. The van der Waals surface area contributed by atoms with Crippen LogP contribution in [0.3, 0.4) is 0 Å². The molecule has 7 atom stereocenters. The molecule has 33 heavy (non-hydrogen) atoms. The molecule has 0 aromatic carbocycles. The van der Waals surface area contributed by atoms with Crippen LogP contribution < -0.4 is 5.32 Å². The number of likely N-dealkylation sites (tertiary alicyclic amines) is 1. The van der Waals surface area contributed by atoms with Crippen LogP contribution in [0.2, 0.25) is 0 Å². The number of piperidine rings is 1. The van der Waals surface area contributed by atoms with Gasteiger partial charge in [-0.25, -0.2) is 4.79 Å². The quantitative estimate of drug-likeness (QED) is 0.592. The molecular formula is C27H40N2O3S. The fourth-order valence-corrected chi connectivity index (χ4v) is 9.21. The molecule has 1 aromatic heterocycles. The number of amides is 2. The van der Waals surface area contributed by atoms with Crippen molar-refractivity contribution in [2.24, 2.45) is 28.6 Å². The Morgan fingerprint density at radius 1 is 1.12 bits per heavy atom. The first-order valence-corrected chi connectivity index (χ1v) is 13.7. The number of nitrogens with zero attached hydrogens (tertiary/aromatic N) is 1. The fraction of sp³-hybridized carbons (Fsp3) is 0.778. The zero-order valence-corrected chi connectivity index (χ0v) is 21.7. The Morgan fingerprint density at radius 2 is 1.88 bits per heavy atom. The number of alkyl carbamates (subject to hydrolysis) is 1. The molecule has 2 heterocycles. The Hall–Kier alpha value is -1.56. The highest BCUT2D eigenvalue weighted by molar-refractivity contribution is 7.10. The van der Waals surface area contributed by atoms with Gasteiger partial charge in [0.2, 0.25) is 5.91 Å². The van der Waals surface area contributed by atoms with E-state index in [9.17, 15) is 9.59 Å². The molecule has 6 heteroatoms. The summed E-state index contributed by atoms with van der Waals surface area (Å²) in [7, 11) is 2.02. The van der Waals surface area contributed by atoms with E-state index in [2.05, 4.69) is 30.1 Å². The third-order valence-electron chi connectivity index (χ3n) is 10.3. The Labute approximate surface area is 202 Å². The minimum atomic E-state index is -0.431. The van der Waals surface area contributed by atoms with Crippen molar-refractivity contribution in [2.45, 2.75) is 96.7 Å². The number of carbonyl (C=O) groups excluding carboxylic acids is 2. The van der Waals surface area contributed by atoms with Gasteiger partial charge < -0.3 is 15.0 Å². The van der Waals surface area contributed by atoms with Crippen molar-refractivity contribution in [3.63, 3.8) is 0 Å². The van der Waals surface area contributed by atoms with E-state index < -0.39 is 5.54 Å². The van der Waals surface area contributed by atoms with Crippen molar-refractivity contribution in [1.82, 2.24) is 10.2 Å². The van der Waals surface area contributed by atoms with Crippen LogP contribution in [0.5, 0.6) is 0 Å². The van der Waals surface area contributed by atoms with Crippen LogP contribution in [0.4, 0.5) is 4.79 Å². The molecule has 4 fully saturated rings. The summed E-state index contributed by atoms with van der Waals surface area (Å²) in [5, 5.41) is 5.16. The van der Waals surface area contributed by atoms with E-state index in [1.807, 2.05) is 32.3 Å². The number of rotatable bonds is 3. The second-order valence-electron chi connectivity index (χ2n) is 12.2. The molecular weight excluding hydrogens is 432 g/mol. The second-order valence-corrected chi connectivity index (χ2v) is 13.2. The maximum absolute atomic E-state index is 12.9. The van der Waals surface area contributed by atoms with Crippen LogP contribution in [-0.4, -0.2) is 36.1 Å². The van der Waals surface area contributed by atoms with E-state index in [0.29, 0.717) is 36.1 Å². The molecule has 1 N–H and O–H groups in total. The van der Waals surface area contributed by atoms with Crippen molar-refractivity contribution >= 4 is 23.3 Å². The summed E-state index contributed by atoms with van der Waals surface area (Å²) in [5.74, 6) is 2.29. The summed E-state index contributed by atoms with van der Waals surface area (Å²) >= 11 is 1.66. The molecule has 0 spiro atoms. The number of hydrogen-bond acceptors (Lipinski definition) is 4. The number of carbonyl (C=O) groups is 2. The Morgan fingerprint density at radius 3 is 2.61 bits per heavy atom. The highest BCUT2D eigenvalue weighted by Crippen LogP contribution is 2.65. The summed E-state index contributed by atoms with van der Waals surface area (Å²) in [6.45, 7) is 8.92. The highest BCUT2D eigenvalue weighted by atomic mass is 32.1. The van der Waals surface area contributed by atoms with Crippen LogP contribution in [0, 0.1) is 28.6 Å². The molecule has 182 valence electrons. The zero-order valence-electron chi connectivity index (χ0n) is 20.9. The lowest BCUT2D eigenvalue weighted by Gasteiger charge is -2.61. The molecule has 1 aromatic rings. The maximum Gasteiger partial charge on any atom is 0.408 e. The van der Waals surface area contributed by atoms with Gasteiger partial charge in [0.25, 0.3) is 0 Å². The predicted octanol–water partition coefficient (Wildman–Crippen LogP) is 5.94. The number of fused-ring (bicyclic) bond motifs is 5. The van der Waals surface area contributed by atoms with Crippen LogP contribution in [0.1, 0.15) is 83.9 Å². The van der Waals surface area contributed by atoms with Crippen LogP contribution in [0.15, 0.2) is 17.5 Å². The van der Waals surface area contributed by atoms with Gasteiger partial charge in [-0.2, -0.15) is 0 Å². The fourth-order valence-electron chi connectivity index (χ4n) is 8.41. The van der Waals surface area contributed by atoms with E-state index in [1.54, 1.807) is 11.3 Å². The monoisotopic (exact) mass is 472 g/mol. The molecule has 5 nitrogen and oxygen atoms in total. The summed E-state index contributed by atoms with van der Waals surface area (Å²) in [6.07, 6.45) is 8.18. The molecule has 1 aliphatic heterocycles. The van der Waals surface area contributed by atoms with E-state index in [1.165, 1.54) is 12.8 Å². The third kappa shape index (κ3) is 3.62. The molecule has 0 radical (unpaired) electrons. The molecule has 3 saturated carbocycles. The summed E-state index contributed by atoms with van der Waals surface area (Å²) in [5.41, 5.74) is -0.141. The minimum absolute atomic E-state index is 0.0104. The smallest absolute Gasteiger partial charge is 0.408 e. The molecule has 0 bridgehead atoms. The average molecular weight is 473 g/mol. The Bertz CT molecular complexity index is 914. The van der Waals surface area contributed by atoms with Crippen molar-refractivity contribution in [3.8, 4) is 0 Å². The summed E-state index contributed by atoms with van der Waals surface area (Å²) in [4.78, 5) is 28.5. The first kappa shape index (κ1) is 23.2. The van der Waals surface area contributed by atoms with E-state index in [4.69, 9.17) is 4.74 Å². The molecule has 1 saturated heterocycles. The lowest BCUT2D eigenvalue weighted by atomic mass is 9.47. The first-order valence-electron chi connectivity index (χ1n) is 12.8. The summed E-state index contributed by atoms with van der Waals surface area (Å²) in [6, 6.07) is 4.47. The van der Waals surface area contributed by atoms with Gasteiger partial charge in [0.1, 0.15) is 6.10 Å². The highest BCUT2D eigenvalue weighted by Gasteiger charge is 2.62. The minimum Gasteiger partial charge on any atom is -0.446 e. The van der Waals surface area contributed by atoms with Gasteiger partial charge in [-0.15, -0.1) is 11.3 Å². The van der Waals surface area contributed by atoms with Crippen LogP contribution >= 0.6 is 11.3 Å². The van der Waals surface area contributed by atoms with Gasteiger partial charge in [0.05, 0.1) is 5.54 Å². The molecule has 4 aliphatic rings. The summed E-state index contributed by atoms with van der Waals surface area (Å²) < 4.78 is 6.16. The molecule has 5 rings (SSSR count). The Balaban J connectivity index is 1.29. The van der Waals surface area contributed by atoms with Gasteiger partial charge in [-0.3, -0.25) is 4.79 Å². The van der Waals surface area contributed by atoms with E-state index in [-0.39, 0.29) is 23.0 Å². The predicted molar refractivity (Wildman–Crippen MR) is 131 cm³/mol. The van der Waals surface area contributed by atoms with Crippen molar-refractivity contribution in [2.75, 3.05) is 7.05 Å². The number of hydrogen-bond donors (Lipinski definition) is 1. The van der Waals surface area contributed by atoms with E-state index >= 15 is 0 Å². The SMILES string of the molecule is CN1C(=O)CC[C@]2(C)[C@H]3CC[C@]4(C)[C@@H](OC(=O)NC(C)(C)c5cccs5)CC[C@H]4[C@@H]3CC[C@@H]12. The van der Waals surface area contributed by atoms with Crippen molar-refractivity contribution in [3.05, 3.63) is 22.4 Å². The van der Waals surface area contributed by atoms with Gasteiger partial charge in [-0.05, 0) is 93.4 Å². The van der Waals surface area contributed by atoms with Gasteiger partial charge in [-0.1, -0.05) is 19.9 Å². The normalized spacial score (nSPS) is 40.6. The average Bonchev–Trinajstić information content (AvgIpc) is 3.40. The zero-order chi connectivity index (χ0) is 23.6. The third-order valence-corrected chi connectivity index (χ3v) is 11.5. The van der Waals surface area contributed by atoms with Gasteiger partial charge >= 0.3 is 6.09 Å². The molecule has 3 aliphatic carbocycles. The number of ether oxygens (including phenoxy) is 1. The molecule has 2 amide bonds. The van der Waals surface area contributed by atoms with Gasteiger partial charge in [0.15, 0.2) is 0 Å². The van der Waals surface area contributed by atoms with Crippen molar-refractivity contribution < 1.29 is 14.3 Å². The van der Waals surface area contributed by atoms with Crippen LogP contribution in [-0.2, 0) is 15.1 Å². The standard InChI is InChI=1S/C27H40N2O3S/c1-25(2,22-7-6-16-33-22)28-24(31)32-21-11-9-18-17-8-10-20-26(3,15-13-23(30)29(20)5)19(17)12-14-27(18,21)4/h6-7,16-21H,8-15H2,1-5H3,(H,28,31)/t17-,18-,19-,20+,21-,26+,27-/m0/s1.